The highest BCUT2D eigenvalue weighted by atomic mass is 16.2. The first-order valence-corrected chi connectivity index (χ1v) is 11.0. The van der Waals surface area contributed by atoms with Crippen molar-refractivity contribution in [2.24, 2.45) is 5.92 Å². The highest BCUT2D eigenvalue weighted by Gasteiger charge is 2.36. The van der Waals surface area contributed by atoms with Crippen LogP contribution in [0.15, 0.2) is 54.6 Å². The van der Waals surface area contributed by atoms with E-state index in [1.165, 1.54) is 25.3 Å². The molecule has 2 amide bonds. The Morgan fingerprint density at radius 2 is 1.70 bits per heavy atom. The van der Waals surface area contributed by atoms with Gasteiger partial charge in [-0.05, 0) is 55.5 Å². The quantitative estimate of drug-likeness (QED) is 0.804. The van der Waals surface area contributed by atoms with E-state index in [0.717, 1.165) is 43.2 Å². The number of nitrogens with zero attached hydrogens (tertiary/aromatic N) is 2. The highest BCUT2D eigenvalue weighted by molar-refractivity contribution is 6.02. The van der Waals surface area contributed by atoms with Crippen molar-refractivity contribution in [3.8, 4) is 0 Å². The van der Waals surface area contributed by atoms with E-state index in [2.05, 4.69) is 40.5 Å². The molecule has 0 aliphatic carbocycles. The molecule has 158 valence electrons. The van der Waals surface area contributed by atoms with Gasteiger partial charge in [0.25, 0.3) is 0 Å². The molecule has 4 rings (SSSR count). The summed E-state index contributed by atoms with van der Waals surface area (Å²) in [7, 11) is 0. The second-order valence-electron chi connectivity index (χ2n) is 8.50. The van der Waals surface area contributed by atoms with Gasteiger partial charge in [-0.3, -0.25) is 14.5 Å². The van der Waals surface area contributed by atoms with Crippen molar-refractivity contribution in [3.63, 3.8) is 0 Å². The average Bonchev–Trinajstić information content (AvgIpc) is 3.16. The van der Waals surface area contributed by atoms with Crippen LogP contribution in [-0.2, 0) is 22.4 Å². The Hall–Kier alpha value is -2.66. The van der Waals surface area contributed by atoms with Crippen LogP contribution in [-0.4, -0.2) is 48.9 Å². The SMILES string of the molecule is CC(=O)N1c2ccccc2C[C@@H]1C(=O)NCCN1CCC(Cc2ccccc2)CC1. The molecule has 0 bridgehead atoms. The predicted molar refractivity (Wildman–Crippen MR) is 119 cm³/mol. The number of nitrogens with one attached hydrogen (secondary N) is 1. The number of rotatable bonds is 6. The summed E-state index contributed by atoms with van der Waals surface area (Å²) in [5.41, 5.74) is 3.36. The van der Waals surface area contributed by atoms with Crippen LogP contribution >= 0.6 is 0 Å². The summed E-state index contributed by atoms with van der Waals surface area (Å²) >= 11 is 0. The van der Waals surface area contributed by atoms with Crippen molar-refractivity contribution in [2.75, 3.05) is 31.1 Å². The number of anilines is 1. The smallest absolute Gasteiger partial charge is 0.243 e. The van der Waals surface area contributed by atoms with E-state index >= 15 is 0 Å². The molecule has 30 heavy (non-hydrogen) atoms. The Kier molecular flexibility index (Phi) is 6.48. The number of carbonyl (C=O) groups excluding carboxylic acids is 2. The molecule has 2 heterocycles. The normalized spacial score (nSPS) is 19.5. The fourth-order valence-electron chi connectivity index (χ4n) is 4.80. The molecule has 0 spiro atoms. The second-order valence-corrected chi connectivity index (χ2v) is 8.50. The minimum atomic E-state index is -0.434. The third-order valence-corrected chi connectivity index (χ3v) is 6.42. The van der Waals surface area contributed by atoms with Crippen LogP contribution in [0.1, 0.15) is 30.9 Å². The Bertz CT molecular complexity index is 875. The number of piperidine rings is 1. The molecule has 0 radical (unpaired) electrons. The minimum Gasteiger partial charge on any atom is -0.353 e. The lowest BCUT2D eigenvalue weighted by Gasteiger charge is -2.32. The summed E-state index contributed by atoms with van der Waals surface area (Å²) in [6, 6.07) is 18.1. The van der Waals surface area contributed by atoms with Crippen LogP contribution < -0.4 is 10.2 Å². The van der Waals surface area contributed by atoms with E-state index in [4.69, 9.17) is 0 Å². The van der Waals surface area contributed by atoms with Gasteiger partial charge in [0.05, 0.1) is 0 Å². The molecule has 0 saturated carbocycles. The number of para-hydroxylation sites is 1. The standard InChI is InChI=1S/C25H31N3O2/c1-19(29)28-23-10-6-5-9-22(23)18-24(28)25(30)26-13-16-27-14-11-21(12-15-27)17-20-7-3-2-4-8-20/h2-10,21,24H,11-18H2,1H3,(H,26,30)/t24-/m1/s1. The largest absolute Gasteiger partial charge is 0.353 e. The summed E-state index contributed by atoms with van der Waals surface area (Å²) in [6.45, 7) is 5.19. The van der Waals surface area contributed by atoms with Crippen molar-refractivity contribution in [3.05, 3.63) is 65.7 Å². The van der Waals surface area contributed by atoms with Crippen LogP contribution in [0.5, 0.6) is 0 Å². The fourth-order valence-corrected chi connectivity index (χ4v) is 4.80. The van der Waals surface area contributed by atoms with Crippen molar-refractivity contribution in [1.29, 1.82) is 0 Å². The number of benzene rings is 2. The van der Waals surface area contributed by atoms with E-state index in [0.29, 0.717) is 13.0 Å². The third-order valence-electron chi connectivity index (χ3n) is 6.42. The maximum Gasteiger partial charge on any atom is 0.243 e. The van der Waals surface area contributed by atoms with Gasteiger partial charge in [0.15, 0.2) is 0 Å². The summed E-state index contributed by atoms with van der Waals surface area (Å²) < 4.78 is 0. The lowest BCUT2D eigenvalue weighted by Crippen LogP contribution is -2.49. The summed E-state index contributed by atoms with van der Waals surface area (Å²) in [5, 5.41) is 3.07. The maximum atomic E-state index is 12.8. The number of hydrogen-bond donors (Lipinski definition) is 1. The van der Waals surface area contributed by atoms with Gasteiger partial charge >= 0.3 is 0 Å². The maximum absolute atomic E-state index is 12.8. The molecule has 0 aromatic heterocycles. The zero-order valence-corrected chi connectivity index (χ0v) is 17.7. The van der Waals surface area contributed by atoms with Crippen LogP contribution in [0.2, 0.25) is 0 Å². The number of likely N-dealkylation sites (tertiary alicyclic amines) is 1. The molecular formula is C25H31N3O2. The topological polar surface area (TPSA) is 52.7 Å². The first-order valence-electron chi connectivity index (χ1n) is 11.0. The molecule has 2 aliphatic rings. The van der Waals surface area contributed by atoms with Crippen LogP contribution in [0.25, 0.3) is 0 Å². The Morgan fingerprint density at radius 3 is 2.43 bits per heavy atom. The molecular weight excluding hydrogens is 374 g/mol. The molecule has 5 heteroatoms. The van der Waals surface area contributed by atoms with Crippen molar-refractivity contribution in [1.82, 2.24) is 10.2 Å². The molecule has 2 aromatic rings. The number of amides is 2. The van der Waals surface area contributed by atoms with E-state index in [9.17, 15) is 9.59 Å². The molecule has 1 saturated heterocycles. The number of hydrogen-bond acceptors (Lipinski definition) is 3. The second kappa shape index (κ2) is 9.43. The molecule has 2 aliphatic heterocycles. The van der Waals surface area contributed by atoms with Gasteiger partial charge < -0.3 is 10.2 Å². The summed E-state index contributed by atoms with van der Waals surface area (Å²) in [4.78, 5) is 29.0. The van der Waals surface area contributed by atoms with Gasteiger partial charge in [0.2, 0.25) is 11.8 Å². The van der Waals surface area contributed by atoms with Gasteiger partial charge in [0.1, 0.15) is 6.04 Å². The lowest BCUT2D eigenvalue weighted by molar-refractivity contribution is -0.125. The molecule has 5 nitrogen and oxygen atoms in total. The van der Waals surface area contributed by atoms with Gasteiger partial charge in [0, 0.05) is 32.1 Å². The first kappa shape index (κ1) is 20.6. The van der Waals surface area contributed by atoms with Crippen molar-refractivity contribution >= 4 is 17.5 Å². The zero-order chi connectivity index (χ0) is 20.9. The number of carbonyl (C=O) groups is 2. The molecule has 0 unspecified atom stereocenters. The third kappa shape index (κ3) is 4.73. The average molecular weight is 406 g/mol. The van der Waals surface area contributed by atoms with Crippen molar-refractivity contribution < 1.29 is 9.59 Å². The van der Waals surface area contributed by atoms with E-state index < -0.39 is 6.04 Å². The highest BCUT2D eigenvalue weighted by Crippen LogP contribution is 2.32. The number of fused-ring (bicyclic) bond motifs is 1. The van der Waals surface area contributed by atoms with Gasteiger partial charge in [-0.25, -0.2) is 0 Å². The van der Waals surface area contributed by atoms with Gasteiger partial charge in [-0.15, -0.1) is 0 Å². The zero-order valence-electron chi connectivity index (χ0n) is 17.7. The Balaban J connectivity index is 1.21. The first-order chi connectivity index (χ1) is 14.6. The minimum absolute atomic E-state index is 0.0552. The molecule has 1 N–H and O–H groups in total. The molecule has 1 fully saturated rings. The monoisotopic (exact) mass is 405 g/mol. The van der Waals surface area contributed by atoms with Gasteiger partial charge in [-0.1, -0.05) is 48.5 Å². The predicted octanol–water partition coefficient (Wildman–Crippen LogP) is 3.04. The summed E-state index contributed by atoms with van der Waals surface area (Å²) in [6.07, 6.45) is 4.17. The lowest BCUT2D eigenvalue weighted by atomic mass is 9.90. The fraction of sp³-hybridized carbons (Fsp3) is 0.440. The van der Waals surface area contributed by atoms with E-state index in [1.807, 2.05) is 24.3 Å². The Labute approximate surface area is 179 Å². The van der Waals surface area contributed by atoms with Crippen LogP contribution in [0.3, 0.4) is 0 Å². The van der Waals surface area contributed by atoms with Crippen LogP contribution in [0, 0.1) is 5.92 Å². The van der Waals surface area contributed by atoms with Gasteiger partial charge in [-0.2, -0.15) is 0 Å². The summed E-state index contributed by atoms with van der Waals surface area (Å²) in [5.74, 6) is 0.611. The molecule has 2 aromatic carbocycles. The molecule has 1 atom stereocenters. The van der Waals surface area contributed by atoms with Crippen LogP contribution in [0.4, 0.5) is 5.69 Å². The van der Waals surface area contributed by atoms with E-state index in [-0.39, 0.29) is 11.8 Å². The van der Waals surface area contributed by atoms with Crippen molar-refractivity contribution in [2.45, 2.75) is 38.6 Å². The van der Waals surface area contributed by atoms with E-state index in [1.54, 1.807) is 4.90 Å². The Morgan fingerprint density at radius 1 is 1.00 bits per heavy atom.